The van der Waals surface area contributed by atoms with E-state index in [4.69, 9.17) is 23.7 Å². The Morgan fingerprint density at radius 1 is 0.938 bits per heavy atom. The maximum absolute atomic E-state index is 12.6. The second-order valence-corrected chi connectivity index (χ2v) is 18.4. The molecule has 7 fully saturated rings. The van der Waals surface area contributed by atoms with Crippen LogP contribution >= 0.6 is 0 Å². The fourth-order valence-corrected chi connectivity index (χ4v) is 13.5. The fourth-order valence-electron chi connectivity index (χ4n) is 13.5. The van der Waals surface area contributed by atoms with Gasteiger partial charge in [-0.2, -0.15) is 0 Å². The molecule has 9 nitrogen and oxygen atoms in total. The number of nitrogens with zero attached hydrogens (tertiary/aromatic N) is 3. The van der Waals surface area contributed by atoms with Crippen molar-refractivity contribution in [2.75, 3.05) is 39.5 Å². The number of morpholine rings is 1. The maximum Gasteiger partial charge on any atom is 0.316 e. The summed E-state index contributed by atoms with van der Waals surface area (Å²) in [5.74, 6) is 1.75. The summed E-state index contributed by atoms with van der Waals surface area (Å²) < 4.78 is 31.5. The molecular formula is C39H61N3O6. The molecule has 0 spiro atoms. The van der Waals surface area contributed by atoms with Crippen molar-refractivity contribution in [3.63, 3.8) is 0 Å². The second-order valence-electron chi connectivity index (χ2n) is 18.4. The van der Waals surface area contributed by atoms with Crippen molar-refractivity contribution >= 4 is 0 Å². The lowest BCUT2D eigenvalue weighted by Gasteiger charge is -2.72. The lowest BCUT2D eigenvalue weighted by molar-refractivity contribution is -0.286. The first-order chi connectivity index (χ1) is 22.8. The van der Waals surface area contributed by atoms with E-state index in [-0.39, 0.29) is 51.7 Å². The van der Waals surface area contributed by atoms with Gasteiger partial charge in [0.2, 0.25) is 0 Å². The number of aliphatic hydroxyl groups excluding tert-OH is 1. The van der Waals surface area contributed by atoms with Crippen molar-refractivity contribution in [3.05, 3.63) is 18.5 Å². The zero-order chi connectivity index (χ0) is 33.7. The Morgan fingerprint density at radius 3 is 2.38 bits per heavy atom. The summed E-state index contributed by atoms with van der Waals surface area (Å²) in [5, 5.41) is 12.6. The molecule has 3 saturated heterocycles. The third-order valence-electron chi connectivity index (χ3n) is 16.4. The minimum atomic E-state index is -0.504. The van der Waals surface area contributed by atoms with Gasteiger partial charge in [0.25, 0.3) is 0 Å². The Bertz CT molecular complexity index is 1330. The molecule has 48 heavy (non-hydrogen) atoms. The highest BCUT2D eigenvalue weighted by Gasteiger charge is 2.76. The summed E-state index contributed by atoms with van der Waals surface area (Å²) in [6.07, 6.45) is 10.5. The van der Waals surface area contributed by atoms with Gasteiger partial charge in [-0.15, -0.1) is 0 Å². The monoisotopic (exact) mass is 667 g/mol. The van der Waals surface area contributed by atoms with E-state index < -0.39 is 6.10 Å². The van der Waals surface area contributed by atoms with E-state index in [0.29, 0.717) is 42.3 Å². The van der Waals surface area contributed by atoms with Gasteiger partial charge in [0.05, 0.1) is 56.8 Å². The molecule has 1 aromatic rings. The van der Waals surface area contributed by atoms with Crippen molar-refractivity contribution in [1.29, 1.82) is 0 Å². The molecule has 4 saturated carbocycles. The van der Waals surface area contributed by atoms with Crippen LogP contribution in [0.3, 0.4) is 0 Å². The van der Waals surface area contributed by atoms with E-state index in [0.717, 1.165) is 65.0 Å². The summed E-state index contributed by atoms with van der Waals surface area (Å²) in [6, 6.07) is 2.70. The average molecular weight is 668 g/mol. The van der Waals surface area contributed by atoms with E-state index in [2.05, 4.69) is 63.3 Å². The first kappa shape index (κ1) is 33.8. The molecule has 7 aliphatic rings. The molecule has 9 heteroatoms. The molecule has 4 heterocycles. The third-order valence-corrected chi connectivity index (χ3v) is 16.4. The topological polar surface area (TPSA) is 95.4 Å². The van der Waals surface area contributed by atoms with Gasteiger partial charge in [0.15, 0.2) is 6.29 Å². The molecule has 8 rings (SSSR count). The summed E-state index contributed by atoms with van der Waals surface area (Å²) in [7, 11) is 0. The van der Waals surface area contributed by atoms with E-state index >= 15 is 0 Å². The van der Waals surface area contributed by atoms with Crippen molar-refractivity contribution in [3.8, 4) is 6.01 Å². The lowest BCUT2D eigenvalue weighted by Crippen LogP contribution is -2.68. The number of fused-ring (bicyclic) bond motifs is 7. The van der Waals surface area contributed by atoms with Crippen LogP contribution in [0.4, 0.5) is 0 Å². The van der Waals surface area contributed by atoms with Crippen LogP contribution in [0.5, 0.6) is 6.01 Å². The number of aromatic nitrogens is 2. The molecule has 0 aromatic carbocycles. The molecular weight excluding hydrogens is 606 g/mol. The largest absolute Gasteiger partial charge is 0.461 e. The van der Waals surface area contributed by atoms with Crippen LogP contribution in [0.2, 0.25) is 0 Å². The van der Waals surface area contributed by atoms with Gasteiger partial charge in [-0.1, -0.05) is 48.5 Å². The number of rotatable bonds is 6. The minimum absolute atomic E-state index is 0.0176. The van der Waals surface area contributed by atoms with Crippen LogP contribution in [0.15, 0.2) is 18.5 Å². The van der Waals surface area contributed by atoms with Crippen LogP contribution in [0.25, 0.3) is 0 Å². The highest BCUT2D eigenvalue weighted by Crippen LogP contribution is 2.79. The quantitative estimate of drug-likeness (QED) is 0.407. The Labute approximate surface area is 288 Å². The molecule has 0 radical (unpaired) electrons. The van der Waals surface area contributed by atoms with Gasteiger partial charge in [-0.25, -0.2) is 9.97 Å². The normalized spacial score (nSPS) is 50.4. The minimum Gasteiger partial charge on any atom is -0.461 e. The first-order valence-electron chi connectivity index (χ1n) is 19.1. The number of hydrogen-bond acceptors (Lipinski definition) is 9. The van der Waals surface area contributed by atoms with Crippen molar-refractivity contribution in [2.45, 2.75) is 130 Å². The average Bonchev–Trinajstić information content (AvgIpc) is 3.21. The van der Waals surface area contributed by atoms with E-state index in [1.54, 1.807) is 18.5 Å². The van der Waals surface area contributed by atoms with E-state index in [9.17, 15) is 5.11 Å². The molecule has 0 amide bonds. The van der Waals surface area contributed by atoms with Gasteiger partial charge in [0, 0.05) is 24.4 Å². The third kappa shape index (κ3) is 4.76. The maximum atomic E-state index is 12.6. The van der Waals surface area contributed by atoms with Gasteiger partial charge in [-0.3, -0.25) is 4.90 Å². The fraction of sp³-hybridized carbons (Fsp3) is 0.897. The van der Waals surface area contributed by atoms with Gasteiger partial charge in [-0.05, 0) is 96.3 Å². The lowest BCUT2D eigenvalue weighted by atomic mass is 9.32. The Hall–Kier alpha value is -1.36. The number of ether oxygens (including phenoxy) is 5. The van der Waals surface area contributed by atoms with E-state index in [1.807, 2.05) is 0 Å². The zero-order valence-corrected chi connectivity index (χ0v) is 30.5. The van der Waals surface area contributed by atoms with Crippen molar-refractivity contribution in [2.24, 2.45) is 50.7 Å². The van der Waals surface area contributed by atoms with Gasteiger partial charge in [0.1, 0.15) is 6.61 Å². The molecule has 1 aromatic heterocycles. The summed E-state index contributed by atoms with van der Waals surface area (Å²) in [4.78, 5) is 11.0. The van der Waals surface area contributed by atoms with Crippen LogP contribution in [0.1, 0.15) is 93.4 Å². The molecule has 3 aliphatic heterocycles. The molecule has 13 atom stereocenters. The van der Waals surface area contributed by atoms with Crippen molar-refractivity contribution < 1.29 is 28.8 Å². The second kappa shape index (κ2) is 11.8. The van der Waals surface area contributed by atoms with Crippen molar-refractivity contribution in [1.82, 2.24) is 14.9 Å². The summed E-state index contributed by atoms with van der Waals surface area (Å²) >= 11 is 0. The first-order valence-corrected chi connectivity index (χ1v) is 19.1. The Morgan fingerprint density at radius 2 is 1.65 bits per heavy atom. The Balaban J connectivity index is 1.01. The van der Waals surface area contributed by atoms with E-state index in [1.165, 1.54) is 12.8 Å². The molecule has 4 aliphatic carbocycles. The van der Waals surface area contributed by atoms with Crippen LogP contribution < -0.4 is 4.74 Å². The smallest absolute Gasteiger partial charge is 0.316 e. The molecule has 2 unspecified atom stereocenters. The predicted octanol–water partition coefficient (Wildman–Crippen LogP) is 5.75. The summed E-state index contributed by atoms with van der Waals surface area (Å²) in [6.45, 7) is 22.2. The Kier molecular flexibility index (Phi) is 8.33. The van der Waals surface area contributed by atoms with Crippen LogP contribution in [-0.2, 0) is 18.9 Å². The molecule has 1 N–H and O–H groups in total. The highest BCUT2D eigenvalue weighted by atomic mass is 16.7. The zero-order valence-electron chi connectivity index (χ0n) is 30.5. The number of aliphatic hydroxyl groups is 1. The number of hydrogen-bond donors (Lipinski definition) is 1. The van der Waals surface area contributed by atoms with Crippen LogP contribution in [0, 0.1) is 50.7 Å². The SMILES string of the molecule is C[C@@H]1C[C@H](COc2ncccn2)O[C@H]2C1[C@@]1(C)CC[C@]3(C)[C@@H](CC[C@H]4C(C)(C)[C@@H](O[C@H]5CN(C6COC6)CCO5)CCC43C)[C@]1(C)[C@H]2O. The standard InChI is InChI=1S/C39H61N3O6/c1-24-19-26(23-46-34-40-15-8-16-41-34)47-32-31(24)38(6)14-13-37(5)28(39(38,7)33(32)43)10-9-27-35(2,3)29(11-12-36(27,37)4)48-30-20-42(17-18-45-30)25-21-44-22-25/h8,15-16,24-33,43H,9-14,17-23H2,1-7H3/t24-,26-,27+,28-,29+,30+,31?,32+,33+,36?,37-,38-,39-/m1/s1. The van der Waals surface area contributed by atoms with Gasteiger partial charge >= 0.3 is 6.01 Å². The summed E-state index contributed by atoms with van der Waals surface area (Å²) in [5.41, 5.74) is 0.114. The highest BCUT2D eigenvalue weighted by molar-refractivity contribution is 5.25. The van der Waals surface area contributed by atoms with Gasteiger partial charge < -0.3 is 28.8 Å². The predicted molar refractivity (Wildman–Crippen MR) is 181 cm³/mol. The molecule has 268 valence electrons. The van der Waals surface area contributed by atoms with Crippen LogP contribution in [-0.4, -0.2) is 96.2 Å². The molecule has 0 bridgehead atoms.